The van der Waals surface area contributed by atoms with E-state index in [4.69, 9.17) is 0 Å². The third-order valence-corrected chi connectivity index (χ3v) is 4.47. The van der Waals surface area contributed by atoms with E-state index in [-0.39, 0.29) is 6.04 Å². The van der Waals surface area contributed by atoms with E-state index in [1.54, 1.807) is 0 Å². The number of hydrogen-bond donors (Lipinski definition) is 1. The number of H-pyrrole nitrogens is 1. The van der Waals surface area contributed by atoms with E-state index in [1.165, 1.54) is 17.0 Å². The van der Waals surface area contributed by atoms with Crippen LogP contribution in [0.15, 0.2) is 42.5 Å². The Hall–Kier alpha value is -1.58. The largest absolute Gasteiger partial charge is 0.359 e. The van der Waals surface area contributed by atoms with Gasteiger partial charge in [-0.3, -0.25) is 9.80 Å². The fourth-order valence-electron chi connectivity index (χ4n) is 3.19. The lowest BCUT2D eigenvalue weighted by atomic mass is 10.0. The number of aromatic nitrogens is 1. The first-order valence-corrected chi connectivity index (χ1v) is 8.22. The maximum Gasteiger partial charge on any atom is 0.0749 e. The molecule has 0 radical (unpaired) electrons. The second-order valence-electron chi connectivity index (χ2n) is 6.04. The summed E-state index contributed by atoms with van der Waals surface area (Å²) in [6.07, 6.45) is 0. The maximum atomic E-state index is 3.66. The van der Waals surface area contributed by atoms with E-state index >= 15 is 0 Å². The van der Waals surface area contributed by atoms with Crippen molar-refractivity contribution in [1.82, 2.24) is 14.8 Å². The molecule has 22 heavy (non-hydrogen) atoms. The van der Waals surface area contributed by atoms with E-state index < -0.39 is 0 Å². The highest BCUT2D eigenvalue weighted by Gasteiger charge is 2.20. The van der Waals surface area contributed by atoms with Crippen LogP contribution < -0.4 is 0 Å². The summed E-state index contributed by atoms with van der Waals surface area (Å²) in [5.41, 5.74) is 3.86. The van der Waals surface area contributed by atoms with Crippen LogP contribution in [0.5, 0.6) is 0 Å². The molecule has 1 aromatic heterocycles. The molecule has 0 bridgehead atoms. The van der Waals surface area contributed by atoms with Gasteiger partial charge < -0.3 is 4.98 Å². The quantitative estimate of drug-likeness (QED) is 0.832. The van der Waals surface area contributed by atoms with Gasteiger partial charge in [0.25, 0.3) is 0 Å². The zero-order valence-electron chi connectivity index (χ0n) is 14.5. The molecule has 0 fully saturated rings. The van der Waals surface area contributed by atoms with E-state index in [2.05, 4.69) is 92.1 Å². The van der Waals surface area contributed by atoms with Crippen LogP contribution in [0, 0.1) is 0 Å². The summed E-state index contributed by atoms with van der Waals surface area (Å²) in [5.74, 6) is 0. The second-order valence-corrected chi connectivity index (χ2v) is 6.04. The van der Waals surface area contributed by atoms with Crippen LogP contribution in [0.2, 0.25) is 0 Å². The van der Waals surface area contributed by atoms with Crippen LogP contribution in [0.1, 0.15) is 49.8 Å². The Morgan fingerprint density at radius 2 is 1.50 bits per heavy atom. The van der Waals surface area contributed by atoms with Crippen molar-refractivity contribution in [1.29, 1.82) is 0 Å². The Morgan fingerprint density at radius 1 is 0.909 bits per heavy atom. The maximum absolute atomic E-state index is 3.66. The molecule has 0 saturated carbocycles. The Morgan fingerprint density at radius 3 is 2.05 bits per heavy atom. The molecule has 0 spiro atoms. The Kier molecular flexibility index (Phi) is 5.81. The van der Waals surface area contributed by atoms with Gasteiger partial charge in [-0.05, 0) is 51.8 Å². The lowest BCUT2D eigenvalue weighted by Gasteiger charge is -2.26. The molecular weight excluding hydrogens is 270 g/mol. The minimum absolute atomic E-state index is 0.263. The molecule has 3 nitrogen and oxygen atoms in total. The van der Waals surface area contributed by atoms with Crippen LogP contribution in [-0.2, 0) is 0 Å². The minimum atomic E-state index is 0.263. The third kappa shape index (κ3) is 3.60. The monoisotopic (exact) mass is 299 g/mol. The Labute approximate surface area is 135 Å². The van der Waals surface area contributed by atoms with Crippen LogP contribution in [0.3, 0.4) is 0 Å². The smallest absolute Gasteiger partial charge is 0.0749 e. The van der Waals surface area contributed by atoms with Crippen LogP contribution in [0.4, 0.5) is 0 Å². The van der Waals surface area contributed by atoms with Gasteiger partial charge in [-0.2, -0.15) is 0 Å². The van der Waals surface area contributed by atoms with Crippen molar-refractivity contribution in [3.05, 3.63) is 59.4 Å². The van der Waals surface area contributed by atoms with Gasteiger partial charge in [0.1, 0.15) is 0 Å². The summed E-state index contributed by atoms with van der Waals surface area (Å²) in [6.45, 7) is 8.85. The fourth-order valence-corrected chi connectivity index (χ4v) is 3.19. The summed E-state index contributed by atoms with van der Waals surface area (Å²) in [7, 11) is 4.26. The molecule has 2 rings (SSSR count). The van der Waals surface area contributed by atoms with E-state index in [0.717, 1.165) is 13.1 Å². The third-order valence-electron chi connectivity index (χ3n) is 4.47. The lowest BCUT2D eigenvalue weighted by molar-refractivity contribution is 0.230. The van der Waals surface area contributed by atoms with Crippen LogP contribution >= 0.6 is 0 Å². The number of hydrogen-bond acceptors (Lipinski definition) is 2. The number of benzene rings is 1. The molecule has 0 amide bonds. The lowest BCUT2D eigenvalue weighted by Crippen LogP contribution is -2.27. The first kappa shape index (κ1) is 16.8. The summed E-state index contributed by atoms with van der Waals surface area (Å²) in [4.78, 5) is 8.38. The molecule has 0 aliphatic heterocycles. The average molecular weight is 299 g/mol. The molecule has 1 N–H and O–H groups in total. The van der Waals surface area contributed by atoms with Crippen molar-refractivity contribution in [2.75, 3.05) is 27.2 Å². The van der Waals surface area contributed by atoms with E-state index in [1.807, 2.05) is 0 Å². The van der Waals surface area contributed by atoms with Gasteiger partial charge in [0.05, 0.1) is 6.04 Å². The Bertz CT molecular complexity index is 555. The fraction of sp³-hybridized carbons (Fsp3) is 0.474. The highest BCUT2D eigenvalue weighted by Crippen LogP contribution is 2.28. The van der Waals surface area contributed by atoms with Crippen molar-refractivity contribution in [3.63, 3.8) is 0 Å². The molecule has 1 aromatic carbocycles. The number of nitrogens with zero attached hydrogens (tertiary/aromatic N) is 2. The predicted molar refractivity (Wildman–Crippen MR) is 94.1 cm³/mol. The van der Waals surface area contributed by atoms with Crippen LogP contribution in [0.25, 0.3) is 0 Å². The standard InChI is InChI=1S/C19H29N3/c1-6-22(7-2)15(3)17-13-14-18(20-17)19(21(4)5)16-11-9-8-10-12-16/h8-15,19-20H,6-7H2,1-5H3. The molecule has 2 atom stereocenters. The second kappa shape index (κ2) is 7.61. The number of rotatable bonds is 7. The van der Waals surface area contributed by atoms with Gasteiger partial charge in [0.15, 0.2) is 0 Å². The van der Waals surface area contributed by atoms with Crippen molar-refractivity contribution < 1.29 is 0 Å². The number of aromatic amines is 1. The van der Waals surface area contributed by atoms with Gasteiger partial charge in [0.2, 0.25) is 0 Å². The van der Waals surface area contributed by atoms with Crippen molar-refractivity contribution in [3.8, 4) is 0 Å². The Balaban J connectivity index is 2.28. The SMILES string of the molecule is CCN(CC)C(C)c1ccc(C(c2ccccc2)N(C)C)[nH]1. The molecule has 2 aromatic rings. The van der Waals surface area contributed by atoms with Crippen molar-refractivity contribution in [2.24, 2.45) is 0 Å². The molecule has 3 heteroatoms. The minimum Gasteiger partial charge on any atom is -0.359 e. The topological polar surface area (TPSA) is 22.3 Å². The van der Waals surface area contributed by atoms with Gasteiger partial charge in [-0.1, -0.05) is 44.2 Å². The average Bonchev–Trinajstić information content (AvgIpc) is 2.98. The number of nitrogens with one attached hydrogen (secondary N) is 1. The molecule has 0 saturated heterocycles. The van der Waals surface area contributed by atoms with Crippen molar-refractivity contribution in [2.45, 2.75) is 32.9 Å². The predicted octanol–water partition coefficient (Wildman–Crippen LogP) is 4.07. The normalized spacial score (nSPS) is 14.5. The summed E-state index contributed by atoms with van der Waals surface area (Å²) in [5, 5.41) is 0. The molecule has 2 unspecified atom stereocenters. The summed E-state index contributed by atoms with van der Waals surface area (Å²) < 4.78 is 0. The molecule has 120 valence electrons. The molecular formula is C19H29N3. The first-order valence-electron chi connectivity index (χ1n) is 8.22. The van der Waals surface area contributed by atoms with Gasteiger partial charge >= 0.3 is 0 Å². The van der Waals surface area contributed by atoms with Crippen LogP contribution in [-0.4, -0.2) is 42.0 Å². The molecule has 1 heterocycles. The summed E-state index contributed by atoms with van der Waals surface area (Å²) >= 11 is 0. The van der Waals surface area contributed by atoms with E-state index in [0.29, 0.717) is 6.04 Å². The van der Waals surface area contributed by atoms with Gasteiger partial charge in [-0.25, -0.2) is 0 Å². The zero-order valence-corrected chi connectivity index (χ0v) is 14.5. The van der Waals surface area contributed by atoms with Gasteiger partial charge in [-0.15, -0.1) is 0 Å². The molecule has 0 aliphatic rings. The highest BCUT2D eigenvalue weighted by molar-refractivity contribution is 5.30. The molecule has 0 aliphatic carbocycles. The first-order chi connectivity index (χ1) is 10.6. The van der Waals surface area contributed by atoms with E-state index in [9.17, 15) is 0 Å². The summed E-state index contributed by atoms with van der Waals surface area (Å²) in [6, 6.07) is 15.8. The highest BCUT2D eigenvalue weighted by atomic mass is 15.2. The van der Waals surface area contributed by atoms with Gasteiger partial charge in [0, 0.05) is 17.4 Å². The van der Waals surface area contributed by atoms with Crippen molar-refractivity contribution >= 4 is 0 Å². The zero-order chi connectivity index (χ0) is 16.1.